The quantitative estimate of drug-likeness (QED) is 0.346. The third-order valence-electron chi connectivity index (χ3n) is 5.70. The van der Waals surface area contributed by atoms with Crippen LogP contribution in [0.4, 0.5) is 5.69 Å². The summed E-state index contributed by atoms with van der Waals surface area (Å²) in [5.74, 6) is 0.705. The molecule has 3 aromatic carbocycles. The molecule has 3 aromatic rings. The van der Waals surface area contributed by atoms with E-state index in [1.165, 1.54) is 10.5 Å². The zero-order valence-corrected chi connectivity index (χ0v) is 19.3. The summed E-state index contributed by atoms with van der Waals surface area (Å²) < 4.78 is 8.11. The third kappa shape index (κ3) is 4.90. The number of nitrogens with one attached hydrogen (secondary N) is 1. The van der Waals surface area contributed by atoms with Gasteiger partial charge in [0.2, 0.25) is 0 Å². The molecule has 0 radical (unpaired) electrons. The minimum absolute atomic E-state index is 0.160. The lowest BCUT2D eigenvalue weighted by molar-refractivity contribution is 0.0000508. The van der Waals surface area contributed by atoms with Gasteiger partial charge < -0.3 is 15.3 Å². The molecule has 2 aliphatic rings. The second-order valence-electron chi connectivity index (χ2n) is 8.16. The number of benzene rings is 3. The molecule has 1 saturated heterocycles. The molecule has 0 amide bonds. The highest BCUT2D eigenvalue weighted by Crippen LogP contribution is 2.38. The molecule has 32 heavy (non-hydrogen) atoms. The molecule has 0 aliphatic carbocycles. The number of aliphatic hydroxyl groups is 1. The van der Waals surface area contributed by atoms with Gasteiger partial charge in [0.05, 0.1) is 30.0 Å². The summed E-state index contributed by atoms with van der Waals surface area (Å²) in [7, 11) is 0. The van der Waals surface area contributed by atoms with Gasteiger partial charge in [-0.1, -0.05) is 54.1 Å². The Morgan fingerprint density at radius 2 is 1.91 bits per heavy atom. The average molecular weight is 468 g/mol. The fourth-order valence-electron chi connectivity index (χ4n) is 4.03. The van der Waals surface area contributed by atoms with Crippen molar-refractivity contribution in [3.63, 3.8) is 0 Å². The number of halogens is 1. The second kappa shape index (κ2) is 9.73. The molecular weight excluding hydrogens is 442 g/mol. The van der Waals surface area contributed by atoms with E-state index in [-0.39, 0.29) is 6.10 Å². The monoisotopic (exact) mass is 467 g/mol. The summed E-state index contributed by atoms with van der Waals surface area (Å²) in [6.07, 6.45) is 0.745. The van der Waals surface area contributed by atoms with Crippen molar-refractivity contribution < 1.29 is 9.84 Å². The van der Waals surface area contributed by atoms with Crippen LogP contribution in [0.25, 0.3) is 11.1 Å². The van der Waals surface area contributed by atoms with Gasteiger partial charge in [0.15, 0.2) is 0 Å². The van der Waals surface area contributed by atoms with E-state index in [9.17, 15) is 5.11 Å². The van der Waals surface area contributed by atoms with Crippen molar-refractivity contribution in [2.45, 2.75) is 24.0 Å². The van der Waals surface area contributed by atoms with E-state index < -0.39 is 0 Å². The standard InChI is InChI=1S/C25H26ClN3O2S/c26-25-22(9-4-10-23(25)31-13-5-12-28-16-21(30)17-28)18-7-3-8-20(14-18)27-29-15-19-6-1-2-11-24(19)32-29/h1-4,6-11,14,21,27,30H,5,12-13,15-17H2. The molecule has 7 heteroatoms. The Balaban J connectivity index is 1.22. The highest BCUT2D eigenvalue weighted by atomic mass is 35.5. The predicted molar refractivity (Wildman–Crippen MR) is 131 cm³/mol. The van der Waals surface area contributed by atoms with Crippen molar-refractivity contribution in [1.82, 2.24) is 9.31 Å². The Labute approximate surface area is 198 Å². The van der Waals surface area contributed by atoms with Crippen LogP contribution in [0.1, 0.15) is 12.0 Å². The van der Waals surface area contributed by atoms with Crippen LogP contribution in [0.15, 0.2) is 71.6 Å². The van der Waals surface area contributed by atoms with Crippen LogP contribution in [0.3, 0.4) is 0 Å². The number of hydrazine groups is 1. The molecule has 0 saturated carbocycles. The molecule has 2 heterocycles. The minimum Gasteiger partial charge on any atom is -0.492 e. The fraction of sp³-hybridized carbons (Fsp3) is 0.280. The lowest BCUT2D eigenvalue weighted by Crippen LogP contribution is -2.50. The topological polar surface area (TPSA) is 48.0 Å². The van der Waals surface area contributed by atoms with Gasteiger partial charge in [-0.2, -0.15) is 4.41 Å². The van der Waals surface area contributed by atoms with Crippen LogP contribution in [0.5, 0.6) is 5.75 Å². The van der Waals surface area contributed by atoms with Crippen molar-refractivity contribution in [3.05, 3.63) is 77.3 Å². The summed E-state index contributed by atoms with van der Waals surface area (Å²) in [6, 6.07) is 22.7. The average Bonchev–Trinajstić information content (AvgIpc) is 3.18. The first kappa shape index (κ1) is 21.6. The maximum Gasteiger partial charge on any atom is 0.138 e. The molecule has 1 fully saturated rings. The molecule has 166 valence electrons. The number of hydrogen-bond donors (Lipinski definition) is 2. The van der Waals surface area contributed by atoms with Crippen LogP contribution >= 0.6 is 23.5 Å². The van der Waals surface area contributed by atoms with Gasteiger partial charge in [0.1, 0.15) is 5.75 Å². The van der Waals surface area contributed by atoms with Crippen molar-refractivity contribution in [2.75, 3.05) is 31.7 Å². The van der Waals surface area contributed by atoms with E-state index in [0.717, 1.165) is 49.4 Å². The zero-order valence-electron chi connectivity index (χ0n) is 17.7. The van der Waals surface area contributed by atoms with E-state index in [4.69, 9.17) is 16.3 Å². The Kier molecular flexibility index (Phi) is 6.57. The summed E-state index contributed by atoms with van der Waals surface area (Å²) in [4.78, 5) is 3.51. The summed E-state index contributed by atoms with van der Waals surface area (Å²) >= 11 is 8.44. The van der Waals surface area contributed by atoms with Gasteiger partial charge >= 0.3 is 0 Å². The van der Waals surface area contributed by atoms with E-state index >= 15 is 0 Å². The van der Waals surface area contributed by atoms with Crippen LogP contribution in [-0.4, -0.2) is 46.8 Å². The van der Waals surface area contributed by atoms with Crippen LogP contribution in [0.2, 0.25) is 5.02 Å². The maximum atomic E-state index is 9.37. The van der Waals surface area contributed by atoms with Crippen molar-refractivity contribution in [2.24, 2.45) is 0 Å². The summed E-state index contributed by atoms with van der Waals surface area (Å²) in [5.41, 5.74) is 7.84. The molecule has 0 aromatic heterocycles. The van der Waals surface area contributed by atoms with Crippen LogP contribution in [0, 0.1) is 0 Å². The third-order valence-corrected chi connectivity index (χ3v) is 7.13. The molecule has 0 atom stereocenters. The zero-order chi connectivity index (χ0) is 21.9. The molecule has 2 aliphatic heterocycles. The number of hydrogen-bond acceptors (Lipinski definition) is 6. The highest BCUT2D eigenvalue weighted by molar-refractivity contribution is 7.97. The first-order chi connectivity index (χ1) is 15.7. The second-order valence-corrected chi connectivity index (χ2v) is 9.60. The van der Waals surface area contributed by atoms with E-state index in [1.54, 1.807) is 11.9 Å². The molecule has 5 nitrogen and oxygen atoms in total. The van der Waals surface area contributed by atoms with E-state index in [2.05, 4.69) is 57.2 Å². The summed E-state index contributed by atoms with van der Waals surface area (Å²) in [6.45, 7) is 3.92. The number of fused-ring (bicyclic) bond motifs is 1. The normalized spacial score (nSPS) is 16.6. The summed E-state index contributed by atoms with van der Waals surface area (Å²) in [5, 5.41) is 10.0. The molecule has 2 N–H and O–H groups in total. The first-order valence-electron chi connectivity index (χ1n) is 10.9. The minimum atomic E-state index is -0.160. The van der Waals surface area contributed by atoms with Crippen LogP contribution in [-0.2, 0) is 6.54 Å². The Morgan fingerprint density at radius 1 is 1.06 bits per heavy atom. The molecule has 0 unspecified atom stereocenters. The van der Waals surface area contributed by atoms with Crippen LogP contribution < -0.4 is 10.2 Å². The molecule has 0 spiro atoms. The highest BCUT2D eigenvalue weighted by Gasteiger charge is 2.23. The van der Waals surface area contributed by atoms with Gasteiger partial charge in [-0.25, -0.2) is 0 Å². The van der Waals surface area contributed by atoms with Gasteiger partial charge in [0.25, 0.3) is 0 Å². The SMILES string of the molecule is OC1CN(CCCOc2cccc(-c3cccc(NN4Cc5ccccc5S4)c3)c2Cl)C1. The van der Waals surface area contributed by atoms with Gasteiger partial charge in [0, 0.05) is 30.1 Å². The molecule has 0 bridgehead atoms. The van der Waals surface area contributed by atoms with E-state index in [1.807, 2.05) is 24.3 Å². The number of nitrogens with zero attached hydrogens (tertiary/aromatic N) is 2. The first-order valence-corrected chi connectivity index (χ1v) is 12.0. The number of rotatable bonds is 8. The van der Waals surface area contributed by atoms with Gasteiger partial charge in [-0.15, -0.1) is 0 Å². The Morgan fingerprint density at radius 3 is 2.75 bits per heavy atom. The van der Waals surface area contributed by atoms with E-state index in [0.29, 0.717) is 17.4 Å². The molecular formula is C25H26ClN3O2S. The number of aliphatic hydroxyl groups excluding tert-OH is 1. The Hall–Kier alpha value is -2.22. The fourth-order valence-corrected chi connectivity index (χ4v) is 5.30. The number of likely N-dealkylation sites (tertiary alicyclic amines) is 1. The van der Waals surface area contributed by atoms with Crippen molar-refractivity contribution in [3.8, 4) is 16.9 Å². The molecule has 5 rings (SSSR count). The largest absolute Gasteiger partial charge is 0.492 e. The maximum absolute atomic E-state index is 9.37. The number of anilines is 1. The van der Waals surface area contributed by atoms with Gasteiger partial charge in [-0.3, -0.25) is 4.90 Å². The lowest BCUT2D eigenvalue weighted by atomic mass is 10.0. The van der Waals surface area contributed by atoms with Gasteiger partial charge in [-0.05, 0) is 53.8 Å². The number of ether oxygens (including phenoxy) is 1. The number of β-amino-alcohol motifs (C(OH)–C–C–N with tert-alkyl or cyclic N) is 1. The van der Waals surface area contributed by atoms with Crippen molar-refractivity contribution in [1.29, 1.82) is 0 Å². The Bertz CT molecular complexity index is 1070. The van der Waals surface area contributed by atoms with Crippen molar-refractivity contribution >= 4 is 29.2 Å². The smallest absolute Gasteiger partial charge is 0.138 e. The predicted octanol–water partition coefficient (Wildman–Crippen LogP) is 5.30. The lowest BCUT2D eigenvalue weighted by Gasteiger charge is -2.35.